The first-order valence-electron chi connectivity index (χ1n) is 8.92. The first-order chi connectivity index (χ1) is 11.2. The smallest absolute Gasteiger partial charge is 0.191 e. The van der Waals surface area contributed by atoms with Crippen LogP contribution in [-0.4, -0.2) is 77.1 Å². The monoisotopic (exact) mass is 456 g/mol. The maximum absolute atomic E-state index is 5.45. The molecule has 1 atom stereocenters. The third-order valence-electron chi connectivity index (χ3n) is 4.02. The number of nitrogens with one attached hydrogen (secondary N) is 2. The van der Waals surface area contributed by atoms with Gasteiger partial charge in [-0.3, -0.25) is 9.89 Å². The fraction of sp³-hybridized carbons (Fsp3) is 0.941. The molecule has 1 aliphatic heterocycles. The molecule has 1 aliphatic rings. The molecule has 24 heavy (non-hydrogen) atoms. The van der Waals surface area contributed by atoms with Crippen molar-refractivity contribution in [1.29, 1.82) is 0 Å². The number of guanidine groups is 1. The van der Waals surface area contributed by atoms with Gasteiger partial charge in [0.25, 0.3) is 0 Å². The Hall–Kier alpha value is -0.120. The van der Waals surface area contributed by atoms with Gasteiger partial charge in [0.1, 0.15) is 0 Å². The number of nitrogens with zero attached hydrogens (tertiary/aromatic N) is 2. The van der Waals surface area contributed by atoms with Crippen molar-refractivity contribution in [3.8, 4) is 0 Å². The Morgan fingerprint density at radius 2 is 2.04 bits per heavy atom. The van der Waals surface area contributed by atoms with E-state index < -0.39 is 0 Å². The van der Waals surface area contributed by atoms with E-state index in [0.29, 0.717) is 19.3 Å². The SMILES string of the molecule is CN=C(NCCCOCCOC)NC[C@H]1CCCN1CC(C)C.I. The zero-order valence-corrected chi connectivity index (χ0v) is 18.2. The minimum atomic E-state index is 0. The molecule has 6 nitrogen and oxygen atoms in total. The minimum absolute atomic E-state index is 0. The van der Waals surface area contributed by atoms with Crippen LogP contribution in [-0.2, 0) is 9.47 Å². The molecule has 0 saturated carbocycles. The molecule has 0 aliphatic carbocycles. The number of aliphatic imine (C=N–C) groups is 1. The van der Waals surface area contributed by atoms with Crippen molar-refractivity contribution in [3.63, 3.8) is 0 Å². The number of methoxy groups -OCH3 is 1. The molecule has 0 aromatic carbocycles. The van der Waals surface area contributed by atoms with Gasteiger partial charge in [0.2, 0.25) is 0 Å². The molecule has 7 heteroatoms. The van der Waals surface area contributed by atoms with Gasteiger partial charge >= 0.3 is 0 Å². The van der Waals surface area contributed by atoms with E-state index in [9.17, 15) is 0 Å². The number of hydrogen-bond acceptors (Lipinski definition) is 4. The lowest BCUT2D eigenvalue weighted by molar-refractivity contribution is 0.0698. The summed E-state index contributed by atoms with van der Waals surface area (Å²) in [6.07, 6.45) is 3.56. The Balaban J connectivity index is 0.00000529. The predicted molar refractivity (Wildman–Crippen MR) is 112 cm³/mol. The van der Waals surface area contributed by atoms with Crippen LogP contribution in [0.15, 0.2) is 4.99 Å². The summed E-state index contributed by atoms with van der Waals surface area (Å²) in [5.41, 5.74) is 0. The summed E-state index contributed by atoms with van der Waals surface area (Å²) in [5, 5.41) is 6.81. The van der Waals surface area contributed by atoms with E-state index in [1.54, 1.807) is 7.11 Å². The van der Waals surface area contributed by atoms with Gasteiger partial charge in [0, 0.05) is 46.4 Å². The summed E-state index contributed by atoms with van der Waals surface area (Å²) in [4.78, 5) is 6.90. The molecule has 1 heterocycles. The maximum Gasteiger partial charge on any atom is 0.191 e. The Bertz CT molecular complexity index is 330. The number of hydrogen-bond donors (Lipinski definition) is 2. The summed E-state index contributed by atoms with van der Waals surface area (Å²) in [6.45, 7) is 10.9. The van der Waals surface area contributed by atoms with E-state index in [4.69, 9.17) is 9.47 Å². The molecule has 0 aromatic rings. The molecule has 2 N–H and O–H groups in total. The minimum Gasteiger partial charge on any atom is -0.382 e. The topological polar surface area (TPSA) is 58.1 Å². The van der Waals surface area contributed by atoms with Crippen molar-refractivity contribution in [3.05, 3.63) is 0 Å². The van der Waals surface area contributed by atoms with Gasteiger partial charge < -0.3 is 20.1 Å². The van der Waals surface area contributed by atoms with Crippen molar-refractivity contribution < 1.29 is 9.47 Å². The van der Waals surface area contributed by atoms with Crippen LogP contribution in [0.5, 0.6) is 0 Å². The average Bonchev–Trinajstić information content (AvgIpc) is 2.95. The molecule has 0 radical (unpaired) electrons. The average molecular weight is 456 g/mol. The van der Waals surface area contributed by atoms with Gasteiger partial charge in [0.05, 0.1) is 13.2 Å². The van der Waals surface area contributed by atoms with Crippen LogP contribution in [0.3, 0.4) is 0 Å². The molecular formula is C17H37IN4O2. The van der Waals surface area contributed by atoms with E-state index >= 15 is 0 Å². The van der Waals surface area contributed by atoms with Crippen LogP contribution in [0.4, 0.5) is 0 Å². The standard InChI is InChI=1S/C17H36N4O2.HI/c1-15(2)14-21-9-5-7-16(21)13-20-17(18-3)19-8-6-10-23-12-11-22-4;/h15-16H,5-14H2,1-4H3,(H2,18,19,20);1H/t16-;/m1./s1. The molecule has 1 fully saturated rings. The van der Waals surface area contributed by atoms with Crippen LogP contribution in [0.1, 0.15) is 33.1 Å². The fourth-order valence-corrected chi connectivity index (χ4v) is 2.90. The van der Waals surface area contributed by atoms with Crippen LogP contribution in [0.2, 0.25) is 0 Å². The zero-order valence-electron chi connectivity index (χ0n) is 15.8. The Morgan fingerprint density at radius 3 is 2.71 bits per heavy atom. The largest absolute Gasteiger partial charge is 0.382 e. The zero-order chi connectivity index (χ0) is 16.9. The first kappa shape index (κ1) is 23.9. The summed E-state index contributed by atoms with van der Waals surface area (Å²) in [6, 6.07) is 0.633. The van der Waals surface area contributed by atoms with Crippen LogP contribution >= 0.6 is 24.0 Å². The van der Waals surface area contributed by atoms with Gasteiger partial charge in [-0.25, -0.2) is 0 Å². The molecule has 0 aromatic heterocycles. The van der Waals surface area contributed by atoms with Gasteiger partial charge in [-0.05, 0) is 31.7 Å². The molecule has 0 unspecified atom stereocenters. The van der Waals surface area contributed by atoms with E-state index in [2.05, 4.69) is 34.4 Å². The highest BCUT2D eigenvalue weighted by Crippen LogP contribution is 2.17. The molecule has 1 saturated heterocycles. The van der Waals surface area contributed by atoms with Gasteiger partial charge in [0.15, 0.2) is 5.96 Å². The van der Waals surface area contributed by atoms with Crippen molar-refractivity contribution >= 4 is 29.9 Å². The molecular weight excluding hydrogens is 419 g/mol. The third-order valence-corrected chi connectivity index (χ3v) is 4.02. The molecule has 0 spiro atoms. The Kier molecular flexibility index (Phi) is 15.1. The van der Waals surface area contributed by atoms with Crippen LogP contribution in [0.25, 0.3) is 0 Å². The van der Waals surface area contributed by atoms with Crippen LogP contribution < -0.4 is 10.6 Å². The van der Waals surface area contributed by atoms with Crippen molar-refractivity contribution in [2.24, 2.45) is 10.9 Å². The highest BCUT2D eigenvalue weighted by Gasteiger charge is 2.24. The van der Waals surface area contributed by atoms with E-state index in [1.165, 1.54) is 25.9 Å². The lowest BCUT2D eigenvalue weighted by Gasteiger charge is -2.27. The Morgan fingerprint density at radius 1 is 1.25 bits per heavy atom. The highest BCUT2D eigenvalue weighted by molar-refractivity contribution is 14.0. The number of rotatable bonds is 11. The van der Waals surface area contributed by atoms with Gasteiger partial charge in [-0.1, -0.05) is 13.8 Å². The second-order valence-corrected chi connectivity index (χ2v) is 6.52. The molecule has 144 valence electrons. The van der Waals surface area contributed by atoms with Gasteiger partial charge in [-0.15, -0.1) is 24.0 Å². The number of ether oxygens (including phenoxy) is 2. The van der Waals surface area contributed by atoms with Crippen LogP contribution in [0, 0.1) is 5.92 Å². The summed E-state index contributed by atoms with van der Waals surface area (Å²) >= 11 is 0. The third kappa shape index (κ3) is 10.7. The fourth-order valence-electron chi connectivity index (χ4n) is 2.90. The first-order valence-corrected chi connectivity index (χ1v) is 8.92. The maximum atomic E-state index is 5.45. The number of halogens is 1. The van der Waals surface area contributed by atoms with Crippen molar-refractivity contribution in [2.45, 2.75) is 39.2 Å². The van der Waals surface area contributed by atoms with E-state index in [1.807, 2.05) is 7.05 Å². The number of likely N-dealkylation sites (tertiary alicyclic amines) is 1. The quantitative estimate of drug-likeness (QED) is 0.216. The summed E-state index contributed by atoms with van der Waals surface area (Å²) in [7, 11) is 3.51. The molecule has 1 rings (SSSR count). The Labute approximate surface area is 165 Å². The molecule has 0 bridgehead atoms. The second-order valence-electron chi connectivity index (χ2n) is 6.52. The summed E-state index contributed by atoms with van der Waals surface area (Å²) < 4.78 is 10.4. The lowest BCUT2D eigenvalue weighted by Crippen LogP contribution is -2.45. The normalized spacial score (nSPS) is 18.7. The van der Waals surface area contributed by atoms with E-state index in [-0.39, 0.29) is 24.0 Å². The van der Waals surface area contributed by atoms with Crippen molar-refractivity contribution in [1.82, 2.24) is 15.5 Å². The predicted octanol–water partition coefficient (Wildman–Crippen LogP) is 1.94. The molecule has 0 amide bonds. The summed E-state index contributed by atoms with van der Waals surface area (Å²) in [5.74, 6) is 1.62. The second kappa shape index (κ2) is 15.2. The highest BCUT2D eigenvalue weighted by atomic mass is 127. The van der Waals surface area contributed by atoms with Gasteiger partial charge in [-0.2, -0.15) is 0 Å². The van der Waals surface area contributed by atoms with Crippen molar-refractivity contribution in [2.75, 3.05) is 60.2 Å². The lowest BCUT2D eigenvalue weighted by atomic mass is 10.1. The van der Waals surface area contributed by atoms with E-state index in [0.717, 1.165) is 38.0 Å².